The number of aryl methyl sites for hydroxylation is 1. The highest BCUT2D eigenvalue weighted by atomic mass is 35.5. The summed E-state index contributed by atoms with van der Waals surface area (Å²) < 4.78 is 0. The molecule has 21 heavy (non-hydrogen) atoms. The van der Waals surface area contributed by atoms with Crippen molar-refractivity contribution in [1.82, 2.24) is 4.98 Å². The third-order valence-corrected chi connectivity index (χ3v) is 4.29. The number of hydrogen-bond donors (Lipinski definition) is 2. The lowest BCUT2D eigenvalue weighted by Gasteiger charge is -2.36. The lowest BCUT2D eigenvalue weighted by molar-refractivity contribution is 0.613. The molecule has 1 atom stereocenters. The van der Waals surface area contributed by atoms with Gasteiger partial charge in [-0.25, -0.2) is 4.98 Å². The molecule has 3 N–H and O–H groups in total. The molecule has 4 nitrogen and oxygen atoms in total. The summed E-state index contributed by atoms with van der Waals surface area (Å²) in [6.07, 6.45) is 3.75. The van der Waals surface area contributed by atoms with Crippen molar-refractivity contribution in [3.05, 3.63) is 52.7 Å². The van der Waals surface area contributed by atoms with Gasteiger partial charge in [0, 0.05) is 23.5 Å². The number of halogens is 1. The molecule has 0 saturated heterocycles. The van der Waals surface area contributed by atoms with Crippen molar-refractivity contribution in [2.45, 2.75) is 25.8 Å². The van der Waals surface area contributed by atoms with Gasteiger partial charge in [-0.2, -0.15) is 0 Å². The van der Waals surface area contributed by atoms with Crippen LogP contribution in [0.15, 0.2) is 36.5 Å². The number of nitrogen functional groups attached to an aromatic ring is 1. The maximum Gasteiger partial charge on any atom is 0.152 e. The molecule has 0 bridgehead atoms. The predicted molar refractivity (Wildman–Crippen MR) is 86.6 cm³/mol. The van der Waals surface area contributed by atoms with E-state index in [9.17, 15) is 0 Å². The van der Waals surface area contributed by atoms with E-state index in [1.165, 1.54) is 5.56 Å². The number of nitrogens with two attached hydrogens (primary N) is 1. The van der Waals surface area contributed by atoms with Crippen LogP contribution < -0.4 is 10.6 Å². The Balaban J connectivity index is 2.16. The molecule has 0 spiro atoms. The Hall–Kier alpha value is -2.07. The van der Waals surface area contributed by atoms with E-state index in [0.717, 1.165) is 18.5 Å². The Kier molecular flexibility index (Phi) is 3.55. The first-order chi connectivity index (χ1) is 10.1. The number of anilines is 2. The summed E-state index contributed by atoms with van der Waals surface area (Å²) in [7, 11) is 0. The zero-order chi connectivity index (χ0) is 15.0. The van der Waals surface area contributed by atoms with Crippen LogP contribution in [0.5, 0.6) is 0 Å². The largest absolute Gasteiger partial charge is 0.384 e. The van der Waals surface area contributed by atoms with E-state index < -0.39 is 0 Å². The van der Waals surface area contributed by atoms with Crippen LogP contribution in [0.1, 0.15) is 24.5 Å². The number of rotatable bonds is 2. The van der Waals surface area contributed by atoms with Crippen molar-refractivity contribution in [1.29, 1.82) is 5.41 Å². The monoisotopic (exact) mass is 300 g/mol. The molecule has 1 aliphatic rings. The molecule has 1 aromatic heterocycles. The van der Waals surface area contributed by atoms with Crippen LogP contribution in [0.3, 0.4) is 0 Å². The van der Waals surface area contributed by atoms with Crippen molar-refractivity contribution in [2.24, 2.45) is 5.73 Å². The molecule has 2 heterocycles. The van der Waals surface area contributed by atoms with E-state index >= 15 is 0 Å². The van der Waals surface area contributed by atoms with Gasteiger partial charge in [0.25, 0.3) is 0 Å². The quantitative estimate of drug-likeness (QED) is 0.659. The summed E-state index contributed by atoms with van der Waals surface area (Å²) in [5, 5.41) is 8.07. The van der Waals surface area contributed by atoms with Crippen LogP contribution >= 0.6 is 11.6 Å². The Morgan fingerprint density at radius 2 is 2.14 bits per heavy atom. The lowest BCUT2D eigenvalue weighted by Crippen LogP contribution is -2.34. The van der Waals surface area contributed by atoms with E-state index in [1.807, 2.05) is 12.1 Å². The van der Waals surface area contributed by atoms with Crippen LogP contribution in [-0.2, 0) is 6.42 Å². The molecule has 0 aliphatic carbocycles. The smallest absolute Gasteiger partial charge is 0.152 e. The Morgan fingerprint density at radius 3 is 2.90 bits per heavy atom. The number of aromatic nitrogens is 1. The second-order valence-electron chi connectivity index (χ2n) is 5.30. The first-order valence-corrected chi connectivity index (χ1v) is 7.33. The van der Waals surface area contributed by atoms with Crippen LogP contribution in [-0.4, -0.2) is 16.9 Å². The number of amidine groups is 1. The Labute approximate surface area is 129 Å². The molecule has 3 rings (SSSR count). The Morgan fingerprint density at radius 1 is 1.38 bits per heavy atom. The topological polar surface area (TPSA) is 66.0 Å². The van der Waals surface area contributed by atoms with E-state index in [4.69, 9.17) is 22.7 Å². The van der Waals surface area contributed by atoms with Gasteiger partial charge in [-0.05, 0) is 37.5 Å². The Bertz CT molecular complexity index is 698. The molecule has 0 radical (unpaired) electrons. The van der Waals surface area contributed by atoms with Crippen LogP contribution in [0, 0.1) is 5.41 Å². The fourth-order valence-corrected chi connectivity index (χ4v) is 3.12. The lowest BCUT2D eigenvalue weighted by atomic mass is 9.96. The third-order valence-electron chi connectivity index (χ3n) is 3.91. The molecule has 108 valence electrons. The molecule has 1 aliphatic heterocycles. The molecular formula is C16H17ClN4. The van der Waals surface area contributed by atoms with Gasteiger partial charge in [-0.15, -0.1) is 0 Å². The van der Waals surface area contributed by atoms with Crippen molar-refractivity contribution in [3.8, 4) is 0 Å². The molecule has 2 aromatic rings. The molecule has 0 fully saturated rings. The summed E-state index contributed by atoms with van der Waals surface area (Å²) in [4.78, 5) is 6.58. The van der Waals surface area contributed by atoms with Crippen molar-refractivity contribution >= 4 is 28.9 Å². The maximum absolute atomic E-state index is 7.63. The summed E-state index contributed by atoms with van der Waals surface area (Å²) in [5.41, 5.74) is 8.54. The summed E-state index contributed by atoms with van der Waals surface area (Å²) >= 11 is 6.44. The van der Waals surface area contributed by atoms with Gasteiger partial charge >= 0.3 is 0 Å². The standard InChI is InChI=1S/C16H17ClN4/c1-10-6-7-11-4-2-3-5-13(11)21(10)16-14(17)12(15(18)19)8-9-20-16/h2-5,8-10H,6-7H2,1H3,(H3,18,19). The molecule has 0 saturated carbocycles. The van der Waals surface area contributed by atoms with Crippen molar-refractivity contribution in [2.75, 3.05) is 4.90 Å². The number of nitrogens with zero attached hydrogens (tertiary/aromatic N) is 2. The number of para-hydroxylation sites is 1. The summed E-state index contributed by atoms with van der Waals surface area (Å²) in [5.74, 6) is 0.630. The molecule has 1 unspecified atom stereocenters. The number of nitrogens with one attached hydrogen (secondary N) is 1. The van der Waals surface area contributed by atoms with Gasteiger partial charge in [0.1, 0.15) is 5.84 Å². The van der Waals surface area contributed by atoms with Gasteiger partial charge in [-0.1, -0.05) is 29.8 Å². The SMILES string of the molecule is CC1CCc2ccccc2N1c1nccc(C(=N)N)c1Cl. The van der Waals surface area contributed by atoms with E-state index in [2.05, 4.69) is 28.9 Å². The first-order valence-electron chi connectivity index (χ1n) is 6.95. The fourth-order valence-electron chi connectivity index (χ4n) is 2.82. The van der Waals surface area contributed by atoms with Crippen LogP contribution in [0.2, 0.25) is 5.02 Å². The number of hydrogen-bond acceptors (Lipinski definition) is 3. The van der Waals surface area contributed by atoms with E-state index in [0.29, 0.717) is 22.4 Å². The average Bonchev–Trinajstić information content (AvgIpc) is 2.48. The zero-order valence-corrected chi connectivity index (χ0v) is 12.6. The van der Waals surface area contributed by atoms with Gasteiger partial charge in [-0.3, -0.25) is 5.41 Å². The van der Waals surface area contributed by atoms with Crippen molar-refractivity contribution < 1.29 is 0 Å². The highest BCUT2D eigenvalue weighted by molar-refractivity contribution is 6.36. The number of benzene rings is 1. The van der Waals surface area contributed by atoms with E-state index in [1.54, 1.807) is 12.3 Å². The summed E-state index contributed by atoms with van der Waals surface area (Å²) in [6.45, 7) is 2.16. The molecule has 0 amide bonds. The molecular weight excluding hydrogens is 284 g/mol. The van der Waals surface area contributed by atoms with Gasteiger partial charge in [0.05, 0.1) is 5.02 Å². The minimum absolute atomic E-state index is 0.0402. The minimum atomic E-state index is -0.0402. The van der Waals surface area contributed by atoms with E-state index in [-0.39, 0.29) is 5.84 Å². The number of fused-ring (bicyclic) bond motifs is 1. The fraction of sp³-hybridized carbons (Fsp3) is 0.250. The highest BCUT2D eigenvalue weighted by Gasteiger charge is 2.27. The first kappa shape index (κ1) is 13.9. The predicted octanol–water partition coefficient (Wildman–Crippen LogP) is 3.49. The highest BCUT2D eigenvalue weighted by Crippen LogP contribution is 2.39. The third kappa shape index (κ3) is 2.36. The molecule has 5 heteroatoms. The summed E-state index contributed by atoms with van der Waals surface area (Å²) in [6, 6.07) is 10.3. The minimum Gasteiger partial charge on any atom is -0.384 e. The van der Waals surface area contributed by atoms with Crippen LogP contribution in [0.4, 0.5) is 11.5 Å². The number of pyridine rings is 1. The second kappa shape index (κ2) is 5.37. The maximum atomic E-state index is 7.63. The van der Waals surface area contributed by atoms with Gasteiger partial charge in [0.2, 0.25) is 0 Å². The van der Waals surface area contributed by atoms with Gasteiger partial charge < -0.3 is 10.6 Å². The molecule has 1 aromatic carbocycles. The van der Waals surface area contributed by atoms with Crippen LogP contribution in [0.25, 0.3) is 0 Å². The zero-order valence-electron chi connectivity index (χ0n) is 11.8. The van der Waals surface area contributed by atoms with Crippen molar-refractivity contribution in [3.63, 3.8) is 0 Å². The average molecular weight is 301 g/mol. The second-order valence-corrected chi connectivity index (χ2v) is 5.67. The normalized spacial score (nSPS) is 17.4. The van der Waals surface area contributed by atoms with Gasteiger partial charge in [0.15, 0.2) is 5.82 Å².